The van der Waals surface area contributed by atoms with E-state index in [0.717, 1.165) is 6.07 Å². The topological polar surface area (TPSA) is 38.0 Å². The van der Waals surface area contributed by atoms with Gasteiger partial charge in [0, 0.05) is 12.4 Å². The standard InChI is InChI=1S/C11H10F2N2/c1-15-10-3-2-6-4-9(14)8(12)5-7(6)11(10)13/h2-5,15H,14H2,1H3. The van der Waals surface area contributed by atoms with Crippen LogP contribution in [0.15, 0.2) is 24.3 Å². The summed E-state index contributed by atoms with van der Waals surface area (Å²) in [6.45, 7) is 0. The van der Waals surface area contributed by atoms with Crippen molar-refractivity contribution in [1.82, 2.24) is 0 Å². The van der Waals surface area contributed by atoms with Crippen LogP contribution in [0.5, 0.6) is 0 Å². The number of hydrogen-bond acceptors (Lipinski definition) is 2. The van der Waals surface area contributed by atoms with E-state index in [-0.39, 0.29) is 11.1 Å². The van der Waals surface area contributed by atoms with E-state index in [2.05, 4.69) is 5.32 Å². The van der Waals surface area contributed by atoms with Crippen molar-refractivity contribution in [2.24, 2.45) is 0 Å². The molecule has 0 saturated heterocycles. The van der Waals surface area contributed by atoms with Crippen molar-refractivity contribution < 1.29 is 8.78 Å². The molecule has 0 saturated carbocycles. The van der Waals surface area contributed by atoms with Crippen LogP contribution in [0.3, 0.4) is 0 Å². The van der Waals surface area contributed by atoms with Crippen LogP contribution >= 0.6 is 0 Å². The van der Waals surface area contributed by atoms with E-state index in [4.69, 9.17) is 5.73 Å². The molecule has 78 valence electrons. The zero-order valence-corrected chi connectivity index (χ0v) is 8.14. The molecule has 0 fully saturated rings. The van der Waals surface area contributed by atoms with Crippen molar-refractivity contribution in [3.8, 4) is 0 Å². The van der Waals surface area contributed by atoms with E-state index in [1.807, 2.05) is 0 Å². The molecule has 0 aliphatic carbocycles. The number of halogens is 2. The molecule has 0 atom stereocenters. The molecule has 0 spiro atoms. The molecular weight excluding hydrogens is 198 g/mol. The molecule has 2 aromatic carbocycles. The van der Waals surface area contributed by atoms with Gasteiger partial charge >= 0.3 is 0 Å². The second-order valence-electron chi connectivity index (χ2n) is 3.27. The monoisotopic (exact) mass is 208 g/mol. The maximum Gasteiger partial charge on any atom is 0.154 e. The van der Waals surface area contributed by atoms with Crippen LogP contribution in [-0.4, -0.2) is 7.05 Å². The Kier molecular flexibility index (Phi) is 2.19. The molecule has 2 nitrogen and oxygen atoms in total. The van der Waals surface area contributed by atoms with Crippen molar-refractivity contribution in [3.05, 3.63) is 35.9 Å². The summed E-state index contributed by atoms with van der Waals surface area (Å²) in [5.74, 6) is -1.07. The summed E-state index contributed by atoms with van der Waals surface area (Å²) in [6.07, 6.45) is 0. The van der Waals surface area contributed by atoms with E-state index in [9.17, 15) is 8.78 Å². The molecule has 0 heterocycles. The first kappa shape index (κ1) is 9.71. The number of rotatable bonds is 1. The van der Waals surface area contributed by atoms with E-state index in [0.29, 0.717) is 11.1 Å². The summed E-state index contributed by atoms with van der Waals surface area (Å²) in [5, 5.41) is 3.51. The fourth-order valence-electron chi connectivity index (χ4n) is 1.52. The van der Waals surface area contributed by atoms with E-state index in [1.165, 1.54) is 6.07 Å². The minimum absolute atomic E-state index is 0.0270. The number of nitrogens with two attached hydrogens (primary N) is 1. The highest BCUT2D eigenvalue weighted by atomic mass is 19.1. The first-order valence-electron chi connectivity index (χ1n) is 4.48. The molecular formula is C11H10F2N2. The lowest BCUT2D eigenvalue weighted by atomic mass is 10.1. The van der Waals surface area contributed by atoms with Crippen LogP contribution in [-0.2, 0) is 0 Å². The van der Waals surface area contributed by atoms with Gasteiger partial charge in [0.25, 0.3) is 0 Å². The molecule has 0 aromatic heterocycles. The minimum Gasteiger partial charge on any atom is -0.396 e. The highest BCUT2D eigenvalue weighted by Gasteiger charge is 2.08. The lowest BCUT2D eigenvalue weighted by molar-refractivity contribution is 0.626. The summed E-state index contributed by atoms with van der Waals surface area (Å²) >= 11 is 0. The van der Waals surface area contributed by atoms with Crippen molar-refractivity contribution in [3.63, 3.8) is 0 Å². The number of hydrogen-bond donors (Lipinski definition) is 2. The first-order valence-corrected chi connectivity index (χ1v) is 4.48. The van der Waals surface area contributed by atoms with Gasteiger partial charge in [-0.2, -0.15) is 0 Å². The zero-order valence-electron chi connectivity index (χ0n) is 8.14. The third-order valence-electron chi connectivity index (χ3n) is 2.34. The Hall–Kier alpha value is -1.84. The molecule has 2 rings (SSSR count). The van der Waals surface area contributed by atoms with Gasteiger partial charge in [0.2, 0.25) is 0 Å². The van der Waals surface area contributed by atoms with Gasteiger partial charge in [0.05, 0.1) is 11.4 Å². The normalized spacial score (nSPS) is 10.6. The SMILES string of the molecule is CNc1ccc2cc(N)c(F)cc2c1F. The van der Waals surface area contributed by atoms with Crippen LogP contribution in [0.1, 0.15) is 0 Å². The van der Waals surface area contributed by atoms with Gasteiger partial charge in [0.15, 0.2) is 5.82 Å². The molecule has 0 radical (unpaired) electrons. The van der Waals surface area contributed by atoms with Gasteiger partial charge in [-0.05, 0) is 23.6 Å². The number of fused-ring (bicyclic) bond motifs is 1. The molecule has 3 N–H and O–H groups in total. The average molecular weight is 208 g/mol. The van der Waals surface area contributed by atoms with Crippen LogP contribution in [0.2, 0.25) is 0 Å². The summed E-state index contributed by atoms with van der Waals surface area (Å²) in [5.41, 5.74) is 5.76. The maximum absolute atomic E-state index is 13.7. The molecule has 0 aliphatic rings. The second-order valence-corrected chi connectivity index (χ2v) is 3.27. The summed E-state index contributed by atoms with van der Waals surface area (Å²) < 4.78 is 26.9. The second kappa shape index (κ2) is 3.38. The number of nitrogen functional groups attached to an aromatic ring is 1. The van der Waals surface area contributed by atoms with Crippen molar-refractivity contribution in [2.45, 2.75) is 0 Å². The fourth-order valence-corrected chi connectivity index (χ4v) is 1.52. The lowest BCUT2D eigenvalue weighted by Gasteiger charge is -2.07. The Balaban J connectivity index is 2.81. The number of anilines is 2. The van der Waals surface area contributed by atoms with E-state index in [1.54, 1.807) is 19.2 Å². The predicted octanol–water partition coefficient (Wildman–Crippen LogP) is 2.74. The fraction of sp³-hybridized carbons (Fsp3) is 0.0909. The summed E-state index contributed by atoms with van der Waals surface area (Å²) in [4.78, 5) is 0. The predicted molar refractivity (Wildman–Crippen MR) is 57.8 cm³/mol. The van der Waals surface area contributed by atoms with Crippen LogP contribution in [0.4, 0.5) is 20.2 Å². The Labute approximate surface area is 85.7 Å². The van der Waals surface area contributed by atoms with E-state index < -0.39 is 11.6 Å². The lowest BCUT2D eigenvalue weighted by Crippen LogP contribution is -1.95. The van der Waals surface area contributed by atoms with Gasteiger partial charge in [-0.3, -0.25) is 0 Å². The first-order chi connectivity index (χ1) is 7.13. The van der Waals surface area contributed by atoms with Crippen LogP contribution in [0.25, 0.3) is 10.8 Å². The quantitative estimate of drug-likeness (QED) is 0.707. The van der Waals surface area contributed by atoms with Gasteiger partial charge < -0.3 is 11.1 Å². The van der Waals surface area contributed by atoms with Crippen LogP contribution < -0.4 is 11.1 Å². The molecule has 0 bridgehead atoms. The Morgan fingerprint density at radius 1 is 1.20 bits per heavy atom. The number of benzene rings is 2. The van der Waals surface area contributed by atoms with E-state index >= 15 is 0 Å². The molecule has 0 unspecified atom stereocenters. The molecule has 15 heavy (non-hydrogen) atoms. The maximum atomic E-state index is 13.7. The Morgan fingerprint density at radius 3 is 2.60 bits per heavy atom. The van der Waals surface area contributed by atoms with Crippen LogP contribution in [0, 0.1) is 11.6 Å². The number of nitrogens with one attached hydrogen (secondary N) is 1. The highest BCUT2D eigenvalue weighted by molar-refractivity contribution is 5.89. The molecule has 0 aliphatic heterocycles. The largest absolute Gasteiger partial charge is 0.396 e. The van der Waals surface area contributed by atoms with Crippen molar-refractivity contribution in [2.75, 3.05) is 18.1 Å². The van der Waals surface area contributed by atoms with Crippen molar-refractivity contribution in [1.29, 1.82) is 0 Å². The van der Waals surface area contributed by atoms with Gasteiger partial charge in [-0.1, -0.05) is 6.07 Å². The molecule has 2 aromatic rings. The Bertz CT molecular complexity index is 523. The van der Waals surface area contributed by atoms with Gasteiger partial charge in [0.1, 0.15) is 5.82 Å². The summed E-state index contributed by atoms with van der Waals surface area (Å²) in [7, 11) is 1.61. The molecule has 0 amide bonds. The minimum atomic E-state index is -0.602. The van der Waals surface area contributed by atoms with Gasteiger partial charge in [-0.15, -0.1) is 0 Å². The van der Waals surface area contributed by atoms with Crippen molar-refractivity contribution >= 4 is 22.1 Å². The Morgan fingerprint density at radius 2 is 1.93 bits per heavy atom. The van der Waals surface area contributed by atoms with Gasteiger partial charge in [-0.25, -0.2) is 8.78 Å². The third-order valence-corrected chi connectivity index (χ3v) is 2.34. The third kappa shape index (κ3) is 1.48. The zero-order chi connectivity index (χ0) is 11.0. The molecule has 4 heteroatoms. The smallest absolute Gasteiger partial charge is 0.154 e. The highest BCUT2D eigenvalue weighted by Crippen LogP contribution is 2.27. The average Bonchev–Trinajstić information content (AvgIpc) is 2.22. The summed E-state index contributed by atoms with van der Waals surface area (Å²) in [6, 6.07) is 5.82.